The second kappa shape index (κ2) is 18.1. The third-order valence-electron chi connectivity index (χ3n) is 7.31. The fraction of sp³-hybridized carbons (Fsp3) is 0.375. The molecule has 258 valence electrons. The zero-order valence-electron chi connectivity index (χ0n) is 26.4. The average molecular weight is 702 g/mol. The maximum atomic E-state index is 13.2. The second-order valence-electron chi connectivity index (χ2n) is 10.9. The number of Topliss-reactive ketones (excluding diaryl/α,β-unsaturated/α-hetero) is 1. The van der Waals surface area contributed by atoms with Gasteiger partial charge in [0.1, 0.15) is 6.61 Å². The van der Waals surface area contributed by atoms with Gasteiger partial charge < -0.3 is 31.7 Å². The number of benzene rings is 2. The van der Waals surface area contributed by atoms with Crippen molar-refractivity contribution < 1.29 is 41.9 Å². The molecule has 14 nitrogen and oxygen atoms in total. The first-order valence-corrected chi connectivity index (χ1v) is 17.6. The third kappa shape index (κ3) is 11.3. The predicted molar refractivity (Wildman–Crippen MR) is 180 cm³/mol. The van der Waals surface area contributed by atoms with E-state index >= 15 is 0 Å². The van der Waals surface area contributed by atoms with Gasteiger partial charge in [0, 0.05) is 17.4 Å². The van der Waals surface area contributed by atoms with E-state index in [9.17, 15) is 37.2 Å². The maximum absolute atomic E-state index is 13.2. The van der Waals surface area contributed by atoms with Crippen molar-refractivity contribution >= 4 is 69.0 Å². The van der Waals surface area contributed by atoms with Crippen LogP contribution in [0.25, 0.3) is 11.1 Å². The molecule has 0 aliphatic carbocycles. The zero-order valence-corrected chi connectivity index (χ0v) is 28.1. The van der Waals surface area contributed by atoms with E-state index in [0.717, 1.165) is 19.1 Å². The Labute approximate surface area is 283 Å². The summed E-state index contributed by atoms with van der Waals surface area (Å²) in [5.74, 6) is -3.30. The number of ether oxygens (including phenoxy) is 1. The van der Waals surface area contributed by atoms with E-state index in [1.165, 1.54) is 24.3 Å². The molecule has 48 heavy (non-hydrogen) atoms. The quantitative estimate of drug-likeness (QED) is 0.0695. The summed E-state index contributed by atoms with van der Waals surface area (Å²) in [5, 5.41) is 9.79. The molecule has 0 aromatic heterocycles. The molecule has 0 fully saturated rings. The number of carbonyl (C=O) groups is 6. The number of hydrogen-bond donors (Lipinski definition) is 6. The van der Waals surface area contributed by atoms with Crippen LogP contribution >= 0.6 is 12.6 Å². The number of amides is 4. The molecule has 3 rings (SSSR count). The lowest BCUT2D eigenvalue weighted by Crippen LogP contribution is -2.47. The average Bonchev–Trinajstić information content (AvgIpc) is 3.46. The van der Waals surface area contributed by atoms with Gasteiger partial charge >= 0.3 is 5.97 Å². The molecule has 0 radical (unpaired) electrons. The molecular weight excluding hydrogens is 663 g/mol. The lowest BCUT2D eigenvalue weighted by atomic mass is 9.96. The highest BCUT2D eigenvalue weighted by molar-refractivity contribution is 7.90. The molecule has 0 saturated carbocycles. The van der Waals surface area contributed by atoms with Crippen LogP contribution in [0.2, 0.25) is 0 Å². The van der Waals surface area contributed by atoms with Gasteiger partial charge in [-0.3, -0.25) is 24.0 Å². The topological polar surface area (TPSA) is 220 Å². The number of rotatable bonds is 18. The van der Waals surface area contributed by atoms with Crippen LogP contribution in [0.3, 0.4) is 0 Å². The van der Waals surface area contributed by atoms with Gasteiger partial charge in [-0.05, 0) is 54.8 Å². The smallest absolute Gasteiger partial charge is 0.339 e. The molecule has 16 heteroatoms. The first-order valence-electron chi connectivity index (χ1n) is 15.1. The van der Waals surface area contributed by atoms with E-state index in [4.69, 9.17) is 10.5 Å². The Bertz CT molecular complexity index is 1660. The second-order valence-corrected chi connectivity index (χ2v) is 13.3. The number of ketones is 1. The van der Waals surface area contributed by atoms with Gasteiger partial charge in [-0.15, -0.1) is 0 Å². The minimum Gasteiger partial charge on any atom is -0.457 e. The van der Waals surface area contributed by atoms with Crippen LogP contribution in [0.4, 0.5) is 0 Å². The molecule has 2 aromatic carbocycles. The summed E-state index contributed by atoms with van der Waals surface area (Å²) in [7, 11) is -3.40. The number of sulfone groups is 1. The molecule has 1 atom stereocenters. The number of unbranched alkanes of at least 4 members (excludes halogenated alkanes) is 2. The number of nitrogens with one attached hydrogen (secondary N) is 4. The largest absolute Gasteiger partial charge is 0.457 e. The highest BCUT2D eigenvalue weighted by atomic mass is 32.2. The molecule has 0 bridgehead atoms. The molecule has 0 spiro atoms. The minimum atomic E-state index is -3.40. The van der Waals surface area contributed by atoms with E-state index in [2.05, 4.69) is 33.9 Å². The zero-order chi connectivity index (χ0) is 35.3. The van der Waals surface area contributed by atoms with E-state index in [1.54, 1.807) is 24.3 Å². The number of nitrogens with two attached hydrogens (primary N) is 1. The summed E-state index contributed by atoms with van der Waals surface area (Å²) < 4.78 is 28.9. The van der Waals surface area contributed by atoms with E-state index in [1.807, 2.05) is 0 Å². The van der Waals surface area contributed by atoms with Crippen molar-refractivity contribution in [2.75, 3.05) is 44.8 Å². The summed E-state index contributed by atoms with van der Waals surface area (Å²) in [6.07, 6.45) is 3.48. The SMILES string of the molecule is CS(=O)(=O)c1ccc(C2=C(c3ccc(C(=O)NC(CCCCCN)C(=O)CNC(=O)CNC(=O)CNC(=O)CS)cc3)C(=O)OC2)cc1. The van der Waals surface area contributed by atoms with Crippen molar-refractivity contribution in [3.63, 3.8) is 0 Å². The van der Waals surface area contributed by atoms with Gasteiger partial charge in [0.05, 0.1) is 41.9 Å². The van der Waals surface area contributed by atoms with Gasteiger partial charge in [0.15, 0.2) is 15.6 Å². The highest BCUT2D eigenvalue weighted by Crippen LogP contribution is 2.33. The fourth-order valence-electron chi connectivity index (χ4n) is 4.69. The molecule has 1 unspecified atom stereocenters. The first-order chi connectivity index (χ1) is 22.8. The predicted octanol–water partition coefficient (Wildman–Crippen LogP) is 0.0227. The summed E-state index contributed by atoms with van der Waals surface area (Å²) in [6, 6.07) is 11.4. The summed E-state index contributed by atoms with van der Waals surface area (Å²) in [4.78, 5) is 74.2. The van der Waals surface area contributed by atoms with E-state index < -0.39 is 64.3 Å². The normalized spacial score (nSPS) is 13.4. The number of cyclic esters (lactones) is 1. The number of esters is 1. The van der Waals surface area contributed by atoms with Crippen molar-refractivity contribution in [1.82, 2.24) is 21.3 Å². The van der Waals surface area contributed by atoms with Crippen LogP contribution in [-0.4, -0.2) is 94.6 Å². The number of carbonyl (C=O) groups excluding carboxylic acids is 6. The first kappa shape index (κ1) is 37.9. The molecular formula is C32H39N5O9S2. The van der Waals surface area contributed by atoms with Crippen molar-refractivity contribution in [2.24, 2.45) is 5.73 Å². The highest BCUT2D eigenvalue weighted by Gasteiger charge is 2.28. The van der Waals surface area contributed by atoms with Crippen LogP contribution in [0.1, 0.15) is 47.2 Å². The van der Waals surface area contributed by atoms with Crippen LogP contribution in [0.5, 0.6) is 0 Å². The fourth-order valence-corrected chi connectivity index (χ4v) is 5.43. The van der Waals surface area contributed by atoms with E-state index in [0.29, 0.717) is 36.1 Å². The Kier molecular flexibility index (Phi) is 14.3. The molecule has 0 saturated heterocycles. The van der Waals surface area contributed by atoms with Gasteiger partial charge in [0.25, 0.3) is 5.91 Å². The lowest BCUT2D eigenvalue weighted by Gasteiger charge is -2.18. The summed E-state index contributed by atoms with van der Waals surface area (Å²) in [5.41, 5.74) is 7.76. The maximum Gasteiger partial charge on any atom is 0.339 e. The Balaban J connectivity index is 1.66. The number of thiol groups is 1. The minimum absolute atomic E-state index is 0.000111. The monoisotopic (exact) mass is 701 g/mol. The van der Waals surface area contributed by atoms with Crippen LogP contribution in [0.15, 0.2) is 53.4 Å². The van der Waals surface area contributed by atoms with Gasteiger partial charge in [-0.25, -0.2) is 13.2 Å². The Morgan fingerprint density at radius 1 is 0.833 bits per heavy atom. The Morgan fingerprint density at radius 2 is 1.42 bits per heavy atom. The molecule has 1 aliphatic heterocycles. The molecule has 6 N–H and O–H groups in total. The summed E-state index contributed by atoms with van der Waals surface area (Å²) >= 11 is 3.78. The van der Waals surface area contributed by atoms with Crippen molar-refractivity contribution in [1.29, 1.82) is 0 Å². The van der Waals surface area contributed by atoms with Crippen LogP contribution < -0.4 is 27.0 Å². The standard InChI is InChI=1S/C32H39N5O9S2/c1-48(44,45)23-12-10-20(11-13-23)24-18-46-32(43)30(24)21-6-8-22(9-7-21)31(42)37-25(5-3-2-4-14-33)26(38)15-34-27(39)16-35-28(40)17-36-29(41)19-47/h6-13,25,47H,2-5,14-19,33H2,1H3,(H,34,39)(H,35,40)(H,36,41)(H,37,42). The van der Waals surface area contributed by atoms with Crippen molar-refractivity contribution in [3.05, 3.63) is 65.2 Å². The van der Waals surface area contributed by atoms with Gasteiger partial charge in [-0.1, -0.05) is 37.1 Å². The van der Waals surface area contributed by atoms with Crippen molar-refractivity contribution in [2.45, 2.75) is 36.6 Å². The molecule has 1 aliphatic rings. The van der Waals surface area contributed by atoms with E-state index in [-0.39, 0.29) is 34.9 Å². The molecule has 4 amide bonds. The van der Waals surface area contributed by atoms with Crippen LogP contribution in [0, 0.1) is 0 Å². The molecule has 2 aromatic rings. The molecule has 1 heterocycles. The Morgan fingerprint density at radius 3 is 2.00 bits per heavy atom. The third-order valence-corrected chi connectivity index (χ3v) is 8.72. The number of hydrogen-bond acceptors (Lipinski definition) is 11. The Hall–Kier alpha value is -4.54. The van der Waals surface area contributed by atoms with Crippen LogP contribution in [-0.2, 0) is 38.5 Å². The summed E-state index contributed by atoms with van der Waals surface area (Å²) in [6.45, 7) is -0.654. The van der Waals surface area contributed by atoms with Gasteiger partial charge in [0.2, 0.25) is 17.7 Å². The van der Waals surface area contributed by atoms with Gasteiger partial charge in [-0.2, -0.15) is 12.6 Å². The lowest BCUT2D eigenvalue weighted by molar-refractivity contribution is -0.134. The van der Waals surface area contributed by atoms with Crippen molar-refractivity contribution in [3.8, 4) is 0 Å².